The van der Waals surface area contributed by atoms with Gasteiger partial charge < -0.3 is 36.2 Å². The molecule has 8 aromatic rings. The second kappa shape index (κ2) is 17.2. The molecular formula is C47H40N12O3S2. The first kappa shape index (κ1) is 40.9. The standard InChI is InChI=1S/C47H40N12O3S2/c48-21-26-5-1-7-28(17-26)43-54-41(50)33-19-36(63-46(33)56-43)39(60)30-11-12-38(53-23-30)58-14-4-9-31(24-58)35-25-59(15-16-62-35)45-32(10-3-13-52-45)40(61)37-20-34-42(51)55-44(57-47(34)64-37)29-8-2-6-27(18-29)22-49/h1-3,5-8,10-13,17-20,23,31,35,39-40,60-61H,4,9,14-16,24-25H2,(H2,50,54,56)(H2,51,55,57). The average molecular weight is 885 g/mol. The summed E-state index contributed by atoms with van der Waals surface area (Å²) in [5, 5.41) is 43.4. The van der Waals surface area contributed by atoms with Crippen molar-refractivity contribution in [3.63, 3.8) is 0 Å². The molecule has 17 heteroatoms. The van der Waals surface area contributed by atoms with Gasteiger partial charge >= 0.3 is 0 Å². The first-order valence-corrected chi connectivity index (χ1v) is 22.4. The van der Waals surface area contributed by atoms with Crippen molar-refractivity contribution in [2.75, 3.05) is 54.1 Å². The van der Waals surface area contributed by atoms with Crippen LogP contribution in [0.2, 0.25) is 0 Å². The molecule has 6 N–H and O–H groups in total. The molecule has 0 saturated carbocycles. The van der Waals surface area contributed by atoms with Crippen LogP contribution in [0, 0.1) is 28.6 Å². The van der Waals surface area contributed by atoms with E-state index in [1.54, 1.807) is 48.8 Å². The largest absolute Gasteiger partial charge is 0.383 e. The van der Waals surface area contributed by atoms with E-state index in [1.165, 1.54) is 22.7 Å². The molecule has 10 rings (SSSR count). The maximum absolute atomic E-state index is 11.9. The van der Waals surface area contributed by atoms with Gasteiger partial charge in [0.05, 0.1) is 46.7 Å². The van der Waals surface area contributed by atoms with Crippen molar-refractivity contribution in [2.24, 2.45) is 5.92 Å². The Morgan fingerprint density at radius 1 is 0.719 bits per heavy atom. The molecule has 0 aliphatic carbocycles. The smallest absolute Gasteiger partial charge is 0.163 e. The summed E-state index contributed by atoms with van der Waals surface area (Å²) in [6.07, 6.45) is 3.46. The van der Waals surface area contributed by atoms with Crippen LogP contribution in [0.25, 0.3) is 43.2 Å². The molecule has 8 heterocycles. The Morgan fingerprint density at radius 3 is 2.00 bits per heavy atom. The number of hydrogen-bond acceptors (Lipinski definition) is 17. The number of ether oxygens (including phenoxy) is 1. The van der Waals surface area contributed by atoms with Gasteiger partial charge in [0.15, 0.2) is 11.6 Å². The SMILES string of the molecule is N#Cc1cccc(-c2nc(N)c3cc(C(O)c4ccc(N5CCCC(C6CN(c7ncccc7C(O)c7cc8c(N)nc(-c9cccc(C#N)c9)nc8s7)CCO6)C5)nc4)sc3n2)c1. The number of fused-ring (bicyclic) bond motifs is 2. The molecule has 64 heavy (non-hydrogen) atoms. The van der Waals surface area contributed by atoms with Gasteiger partial charge in [-0.15, -0.1) is 22.7 Å². The first-order chi connectivity index (χ1) is 31.2. The molecule has 0 radical (unpaired) electrons. The molecule has 2 fully saturated rings. The topological polar surface area (TPSA) is 233 Å². The van der Waals surface area contributed by atoms with Gasteiger partial charge in [-0.05, 0) is 61.4 Å². The molecule has 15 nitrogen and oxygen atoms in total. The van der Waals surface area contributed by atoms with Gasteiger partial charge in [-0.2, -0.15) is 10.5 Å². The lowest BCUT2D eigenvalue weighted by Crippen LogP contribution is -2.50. The van der Waals surface area contributed by atoms with E-state index in [4.69, 9.17) is 36.1 Å². The van der Waals surface area contributed by atoms with Crippen molar-refractivity contribution in [1.82, 2.24) is 29.9 Å². The van der Waals surface area contributed by atoms with Crippen LogP contribution in [0.5, 0.6) is 0 Å². The third-order valence-corrected chi connectivity index (χ3v) is 14.0. The molecule has 4 unspecified atom stereocenters. The van der Waals surface area contributed by atoms with Crippen LogP contribution in [0.3, 0.4) is 0 Å². The lowest BCUT2D eigenvalue weighted by molar-refractivity contribution is -0.00279. The van der Waals surface area contributed by atoms with Crippen molar-refractivity contribution < 1.29 is 14.9 Å². The van der Waals surface area contributed by atoms with E-state index in [1.807, 2.05) is 48.5 Å². The monoisotopic (exact) mass is 884 g/mol. The highest BCUT2D eigenvalue weighted by Gasteiger charge is 2.34. The number of rotatable bonds is 9. The number of anilines is 4. The Balaban J connectivity index is 0.820. The predicted molar refractivity (Wildman–Crippen MR) is 247 cm³/mol. The minimum atomic E-state index is -0.982. The van der Waals surface area contributed by atoms with Crippen LogP contribution in [0.4, 0.5) is 23.3 Å². The van der Waals surface area contributed by atoms with Crippen molar-refractivity contribution in [1.29, 1.82) is 10.5 Å². The van der Waals surface area contributed by atoms with Gasteiger partial charge in [-0.1, -0.05) is 36.4 Å². The zero-order valence-electron chi connectivity index (χ0n) is 34.2. The van der Waals surface area contributed by atoms with Crippen molar-refractivity contribution >= 4 is 66.4 Å². The molecule has 2 aliphatic heterocycles. The van der Waals surface area contributed by atoms with Crippen LogP contribution >= 0.6 is 22.7 Å². The Hall–Kier alpha value is -7.12. The zero-order chi connectivity index (χ0) is 43.9. The third-order valence-electron chi connectivity index (χ3n) is 11.8. The second-order valence-electron chi connectivity index (χ2n) is 15.9. The fourth-order valence-electron chi connectivity index (χ4n) is 8.53. The number of morpholine rings is 1. The van der Waals surface area contributed by atoms with Crippen LogP contribution in [0.1, 0.15) is 57.1 Å². The fraction of sp³-hybridized carbons (Fsp3) is 0.234. The summed E-state index contributed by atoms with van der Waals surface area (Å²) >= 11 is 2.70. The molecule has 0 bridgehead atoms. The predicted octanol–water partition coefficient (Wildman–Crippen LogP) is 7.01. The molecule has 0 amide bonds. The summed E-state index contributed by atoms with van der Waals surface area (Å²) in [5.41, 5.74) is 16.5. The van der Waals surface area contributed by atoms with Gasteiger partial charge in [-0.3, -0.25) is 0 Å². The van der Waals surface area contributed by atoms with Crippen molar-refractivity contribution in [2.45, 2.75) is 31.2 Å². The Kier molecular flexibility index (Phi) is 11.0. The molecule has 2 saturated heterocycles. The number of aromatic nitrogens is 6. The molecule has 0 spiro atoms. The summed E-state index contributed by atoms with van der Waals surface area (Å²) in [4.78, 5) is 35.2. The summed E-state index contributed by atoms with van der Waals surface area (Å²) in [5.74, 6) is 3.21. The van der Waals surface area contributed by atoms with E-state index in [-0.39, 0.29) is 12.0 Å². The first-order valence-electron chi connectivity index (χ1n) is 20.8. The molecule has 318 valence electrons. The van der Waals surface area contributed by atoms with E-state index in [0.29, 0.717) is 112 Å². The van der Waals surface area contributed by atoms with E-state index >= 15 is 0 Å². The van der Waals surface area contributed by atoms with E-state index in [2.05, 4.69) is 31.9 Å². The van der Waals surface area contributed by atoms with Crippen LogP contribution in [0.15, 0.2) is 97.3 Å². The molecule has 2 aliphatic rings. The van der Waals surface area contributed by atoms with Gasteiger partial charge in [0.25, 0.3) is 0 Å². The number of nitriles is 2. The molecule has 4 atom stereocenters. The zero-order valence-corrected chi connectivity index (χ0v) is 35.9. The number of hydrogen-bond donors (Lipinski definition) is 4. The van der Waals surface area contributed by atoms with Crippen molar-refractivity contribution in [3.8, 4) is 34.9 Å². The lowest BCUT2D eigenvalue weighted by atomic mass is 9.91. The number of pyridine rings is 2. The van der Waals surface area contributed by atoms with Gasteiger partial charge in [0.1, 0.15) is 45.1 Å². The third kappa shape index (κ3) is 7.91. The van der Waals surface area contributed by atoms with E-state index < -0.39 is 12.2 Å². The maximum atomic E-state index is 11.9. The van der Waals surface area contributed by atoms with Gasteiger partial charge in [0.2, 0.25) is 0 Å². The number of aliphatic hydroxyl groups excluding tert-OH is 2. The second-order valence-corrected chi connectivity index (χ2v) is 18.0. The highest BCUT2D eigenvalue weighted by molar-refractivity contribution is 7.19. The number of nitrogens with two attached hydrogens (primary N) is 2. The van der Waals surface area contributed by atoms with Crippen LogP contribution in [-0.2, 0) is 4.74 Å². The average Bonchev–Trinajstić information content (AvgIpc) is 4.00. The van der Waals surface area contributed by atoms with Gasteiger partial charge in [-0.25, -0.2) is 29.9 Å². The number of piperidine rings is 1. The summed E-state index contributed by atoms with van der Waals surface area (Å²) < 4.78 is 6.44. The van der Waals surface area contributed by atoms with E-state index in [0.717, 1.165) is 31.7 Å². The summed E-state index contributed by atoms with van der Waals surface area (Å²) in [6.45, 7) is 3.37. The maximum Gasteiger partial charge on any atom is 0.163 e. The molecular weight excluding hydrogens is 845 g/mol. The highest BCUT2D eigenvalue weighted by Crippen LogP contribution is 2.40. The van der Waals surface area contributed by atoms with Crippen LogP contribution in [-0.4, -0.2) is 79.0 Å². The number of aliphatic hydroxyl groups is 2. The highest BCUT2D eigenvalue weighted by atomic mass is 32.1. The Labute approximate surface area is 375 Å². The number of nitrogens with zero attached hydrogens (tertiary/aromatic N) is 10. The Morgan fingerprint density at radius 2 is 1.38 bits per heavy atom. The lowest BCUT2D eigenvalue weighted by Gasteiger charge is -2.42. The fourth-order valence-corrected chi connectivity index (χ4v) is 10.6. The quantitative estimate of drug-likeness (QED) is 0.114. The number of benzene rings is 2. The van der Waals surface area contributed by atoms with E-state index in [9.17, 15) is 20.7 Å². The normalized spacial score (nSPS) is 17.6. The number of thiophene rings is 2. The Bertz CT molecular complexity index is 3130. The number of nitrogen functional groups attached to an aromatic ring is 2. The minimum absolute atomic E-state index is 0.0682. The van der Waals surface area contributed by atoms with Crippen LogP contribution < -0.4 is 21.3 Å². The molecule has 2 aromatic carbocycles. The molecule has 6 aromatic heterocycles. The summed E-state index contributed by atoms with van der Waals surface area (Å²) in [6, 6.07) is 29.7. The van der Waals surface area contributed by atoms with Crippen molar-refractivity contribution in [3.05, 3.63) is 129 Å². The minimum Gasteiger partial charge on any atom is -0.383 e. The summed E-state index contributed by atoms with van der Waals surface area (Å²) in [7, 11) is 0. The van der Waals surface area contributed by atoms with Gasteiger partial charge in [0, 0.05) is 76.5 Å².